The van der Waals surface area contributed by atoms with Gasteiger partial charge in [0, 0.05) is 6.07 Å². The molecule has 0 saturated heterocycles. The topological polar surface area (TPSA) is 43.1 Å². The Hall–Kier alpha value is -1.05. The zero-order chi connectivity index (χ0) is 15.0. The van der Waals surface area contributed by atoms with E-state index < -0.39 is 43.3 Å². The second kappa shape index (κ2) is 5.52. The lowest BCUT2D eigenvalue weighted by Crippen LogP contribution is -2.10. The molecule has 0 spiro atoms. The number of hydrogen-bond acceptors (Lipinski definition) is 2. The average molecular weight is 338 g/mol. The molecule has 1 rings (SSSR count). The van der Waals surface area contributed by atoms with Gasteiger partial charge in [0.25, 0.3) is 5.69 Å². The molecule has 0 radical (unpaired) electrons. The molecule has 0 unspecified atom stereocenters. The summed E-state index contributed by atoms with van der Waals surface area (Å²) in [5, 5.41) is 10.1. The molecular formula is C9H2Cl3F4NO2. The summed E-state index contributed by atoms with van der Waals surface area (Å²) < 4.78 is 49.9. The highest BCUT2D eigenvalue weighted by molar-refractivity contribution is 6.67. The van der Waals surface area contributed by atoms with Gasteiger partial charge in [0.05, 0.1) is 21.1 Å². The fourth-order valence-electron chi connectivity index (χ4n) is 1.21. The van der Waals surface area contributed by atoms with E-state index in [2.05, 4.69) is 0 Å². The molecule has 0 saturated carbocycles. The average Bonchev–Trinajstić information content (AvgIpc) is 2.25. The summed E-state index contributed by atoms with van der Waals surface area (Å²) in [5.74, 6) is -1.72. The molecular weight excluding hydrogens is 336 g/mol. The minimum Gasteiger partial charge on any atom is -0.258 e. The van der Waals surface area contributed by atoms with Gasteiger partial charge in [-0.15, -0.1) is 0 Å². The maximum absolute atomic E-state index is 13.3. The summed E-state index contributed by atoms with van der Waals surface area (Å²) in [4.78, 5) is 9.54. The van der Waals surface area contributed by atoms with Gasteiger partial charge in [-0.25, -0.2) is 4.39 Å². The quantitative estimate of drug-likeness (QED) is 0.428. The summed E-state index contributed by atoms with van der Waals surface area (Å²) in [6, 6.07) is 0.289. The molecule has 104 valence electrons. The van der Waals surface area contributed by atoms with Crippen LogP contribution in [0, 0.1) is 15.9 Å². The molecule has 0 fully saturated rings. The van der Waals surface area contributed by atoms with Crippen molar-refractivity contribution in [1.82, 2.24) is 0 Å². The third-order valence-corrected chi connectivity index (χ3v) is 2.95. The molecule has 0 N–H and O–H groups in total. The highest BCUT2D eigenvalue weighted by Crippen LogP contribution is 2.39. The second-order valence-corrected chi connectivity index (χ2v) is 4.51. The first-order valence-electron chi connectivity index (χ1n) is 4.32. The maximum Gasteiger partial charge on any atom is 0.419 e. The third kappa shape index (κ3) is 3.49. The molecule has 0 aliphatic rings. The van der Waals surface area contributed by atoms with Crippen molar-refractivity contribution in [2.24, 2.45) is 0 Å². The molecule has 1 aromatic rings. The standard InChI is InChI=1S/C9H2Cl3F4NO2/c10-7(8(11)12)3-1-5(13)4(9(14,15)16)2-6(3)17(18)19/h1-2H. The lowest BCUT2D eigenvalue weighted by atomic mass is 10.1. The lowest BCUT2D eigenvalue weighted by Gasteiger charge is -2.10. The number of hydrogen-bond donors (Lipinski definition) is 0. The SMILES string of the molecule is O=[N+]([O-])c1cc(C(F)(F)F)c(F)cc1C(Cl)=C(Cl)Cl. The first kappa shape index (κ1) is 16.0. The summed E-state index contributed by atoms with van der Waals surface area (Å²) in [7, 11) is 0. The number of halogens is 7. The van der Waals surface area contributed by atoms with Crippen molar-refractivity contribution in [3.8, 4) is 0 Å². The third-order valence-electron chi connectivity index (χ3n) is 1.99. The number of benzene rings is 1. The van der Waals surface area contributed by atoms with E-state index in [1.807, 2.05) is 0 Å². The van der Waals surface area contributed by atoms with Gasteiger partial charge in [0.2, 0.25) is 0 Å². The van der Waals surface area contributed by atoms with Gasteiger partial charge >= 0.3 is 6.18 Å². The molecule has 0 bridgehead atoms. The van der Waals surface area contributed by atoms with E-state index in [1.165, 1.54) is 0 Å². The maximum atomic E-state index is 13.3. The smallest absolute Gasteiger partial charge is 0.258 e. The van der Waals surface area contributed by atoms with Gasteiger partial charge < -0.3 is 0 Å². The zero-order valence-corrected chi connectivity index (χ0v) is 10.8. The predicted octanol–water partition coefficient (Wildman–Crippen LogP) is 5.10. The molecule has 10 heteroatoms. The molecule has 0 atom stereocenters. The van der Waals surface area contributed by atoms with Crippen LogP contribution in [-0.2, 0) is 6.18 Å². The Morgan fingerprint density at radius 3 is 2.11 bits per heavy atom. The van der Waals surface area contributed by atoms with Crippen molar-refractivity contribution >= 4 is 45.5 Å². The van der Waals surface area contributed by atoms with Crippen molar-refractivity contribution < 1.29 is 22.5 Å². The van der Waals surface area contributed by atoms with Gasteiger partial charge in [0.1, 0.15) is 10.3 Å². The van der Waals surface area contributed by atoms with Crippen LogP contribution >= 0.6 is 34.8 Å². The second-order valence-electron chi connectivity index (χ2n) is 3.18. The van der Waals surface area contributed by atoms with Gasteiger partial charge in [-0.05, 0) is 6.07 Å². The molecule has 0 aliphatic carbocycles. The van der Waals surface area contributed by atoms with Crippen LogP contribution < -0.4 is 0 Å². The van der Waals surface area contributed by atoms with Gasteiger partial charge in [0.15, 0.2) is 0 Å². The summed E-state index contributed by atoms with van der Waals surface area (Å²) in [6.07, 6.45) is -5.08. The van der Waals surface area contributed by atoms with Crippen LogP contribution in [-0.4, -0.2) is 4.92 Å². The number of rotatable bonds is 2. The van der Waals surface area contributed by atoms with Gasteiger partial charge in [-0.1, -0.05) is 34.8 Å². The van der Waals surface area contributed by atoms with Crippen molar-refractivity contribution in [3.05, 3.63) is 43.7 Å². The van der Waals surface area contributed by atoms with E-state index >= 15 is 0 Å². The van der Waals surface area contributed by atoms with Crippen molar-refractivity contribution in [2.75, 3.05) is 0 Å². The predicted molar refractivity (Wildman–Crippen MR) is 62.5 cm³/mol. The fraction of sp³-hybridized carbons (Fsp3) is 0.111. The van der Waals surface area contributed by atoms with E-state index in [4.69, 9.17) is 34.8 Å². The van der Waals surface area contributed by atoms with Crippen LogP contribution in [0.15, 0.2) is 16.6 Å². The Balaban J connectivity index is 3.66. The van der Waals surface area contributed by atoms with E-state index in [9.17, 15) is 27.7 Å². The number of nitro groups is 1. The number of alkyl halides is 3. The monoisotopic (exact) mass is 337 g/mol. The van der Waals surface area contributed by atoms with Gasteiger partial charge in [-0.3, -0.25) is 10.1 Å². The van der Waals surface area contributed by atoms with Crippen LogP contribution in [0.5, 0.6) is 0 Å². The lowest BCUT2D eigenvalue weighted by molar-refractivity contribution is -0.385. The molecule has 1 aromatic carbocycles. The van der Waals surface area contributed by atoms with Crippen LogP contribution in [0.4, 0.5) is 23.2 Å². The Bertz CT molecular complexity index is 567. The van der Waals surface area contributed by atoms with Crippen LogP contribution in [0.3, 0.4) is 0 Å². The first-order chi connectivity index (χ1) is 8.55. The highest BCUT2D eigenvalue weighted by Gasteiger charge is 2.37. The van der Waals surface area contributed by atoms with Crippen molar-refractivity contribution in [3.63, 3.8) is 0 Å². The van der Waals surface area contributed by atoms with Crippen molar-refractivity contribution in [1.29, 1.82) is 0 Å². The largest absolute Gasteiger partial charge is 0.419 e. The van der Waals surface area contributed by atoms with Crippen molar-refractivity contribution in [2.45, 2.75) is 6.18 Å². The number of nitrogens with zero attached hydrogens (tertiary/aromatic N) is 1. The summed E-state index contributed by atoms with van der Waals surface area (Å²) >= 11 is 16.0. The minimum atomic E-state index is -5.08. The Labute approximate surface area is 118 Å². The molecule has 0 amide bonds. The van der Waals surface area contributed by atoms with E-state index in [1.54, 1.807) is 0 Å². The van der Waals surface area contributed by atoms with E-state index in [0.29, 0.717) is 0 Å². The summed E-state index contributed by atoms with van der Waals surface area (Å²) in [5.41, 5.74) is -3.48. The minimum absolute atomic E-state index is 0.0315. The molecule has 0 aliphatic heterocycles. The Kier molecular flexibility index (Phi) is 4.65. The van der Waals surface area contributed by atoms with E-state index in [0.717, 1.165) is 0 Å². The van der Waals surface area contributed by atoms with Gasteiger partial charge in [-0.2, -0.15) is 13.2 Å². The molecule has 0 aromatic heterocycles. The first-order valence-corrected chi connectivity index (χ1v) is 5.45. The van der Waals surface area contributed by atoms with Crippen LogP contribution in [0.1, 0.15) is 11.1 Å². The Morgan fingerprint density at radius 1 is 1.21 bits per heavy atom. The highest BCUT2D eigenvalue weighted by atomic mass is 35.5. The van der Waals surface area contributed by atoms with Crippen LogP contribution in [0.2, 0.25) is 0 Å². The molecule has 0 heterocycles. The normalized spacial score (nSPS) is 11.3. The molecule has 19 heavy (non-hydrogen) atoms. The van der Waals surface area contributed by atoms with Crippen LogP contribution in [0.25, 0.3) is 5.03 Å². The fourth-order valence-corrected chi connectivity index (χ4v) is 1.56. The Morgan fingerprint density at radius 2 is 1.74 bits per heavy atom. The zero-order valence-electron chi connectivity index (χ0n) is 8.56. The molecule has 3 nitrogen and oxygen atoms in total. The van der Waals surface area contributed by atoms with E-state index in [-0.39, 0.29) is 12.1 Å². The number of nitro benzene ring substituents is 1. The summed E-state index contributed by atoms with van der Waals surface area (Å²) in [6.45, 7) is 0.